The normalized spacial score (nSPS) is 28.2. The molecule has 29 heavy (non-hydrogen) atoms. The van der Waals surface area contributed by atoms with Crippen LogP contribution in [0.2, 0.25) is 5.02 Å². The fourth-order valence-electron chi connectivity index (χ4n) is 4.25. The molecule has 0 radical (unpaired) electrons. The van der Waals surface area contributed by atoms with Crippen molar-refractivity contribution in [1.82, 2.24) is 9.80 Å². The Morgan fingerprint density at radius 2 is 2.10 bits per heavy atom. The number of nitrogens with zero attached hydrogens (tertiary/aromatic N) is 2. The molecule has 2 saturated heterocycles. The lowest BCUT2D eigenvalue weighted by Gasteiger charge is -2.48. The van der Waals surface area contributed by atoms with E-state index in [1.165, 1.54) is 5.56 Å². The van der Waals surface area contributed by atoms with Crippen LogP contribution < -0.4 is 0 Å². The second-order valence-electron chi connectivity index (χ2n) is 7.77. The van der Waals surface area contributed by atoms with Gasteiger partial charge in [0.2, 0.25) is 0 Å². The summed E-state index contributed by atoms with van der Waals surface area (Å²) in [6, 6.07) is 8.49. The van der Waals surface area contributed by atoms with Gasteiger partial charge in [0, 0.05) is 37.3 Å². The Kier molecular flexibility index (Phi) is 7.95. The monoisotopic (exact) mass is 422 g/mol. The number of ether oxygens (including phenoxy) is 3. The van der Waals surface area contributed by atoms with Crippen LogP contribution in [0.5, 0.6) is 0 Å². The van der Waals surface area contributed by atoms with Gasteiger partial charge in [-0.2, -0.15) is 0 Å². The number of benzene rings is 1. The lowest BCUT2D eigenvalue weighted by molar-refractivity contribution is -0.112. The van der Waals surface area contributed by atoms with E-state index in [4.69, 9.17) is 25.8 Å². The first-order valence-electron chi connectivity index (χ1n) is 10.2. The molecule has 1 aromatic carbocycles. The first-order valence-corrected chi connectivity index (χ1v) is 10.6. The maximum absolute atomic E-state index is 12.2. The Morgan fingerprint density at radius 3 is 2.79 bits per heavy atom. The number of halogens is 1. The fraction of sp³-hybridized carbons (Fsp3) is 0.591. The van der Waals surface area contributed by atoms with Crippen LogP contribution in [-0.2, 0) is 20.6 Å². The number of carbonyl (C=O) groups excluding carboxylic acids is 1. The molecule has 6 nitrogen and oxygen atoms in total. The summed E-state index contributed by atoms with van der Waals surface area (Å²) in [5.41, 5.74) is 1.24. The third-order valence-electron chi connectivity index (χ3n) is 5.73. The van der Waals surface area contributed by atoms with Crippen molar-refractivity contribution in [2.24, 2.45) is 0 Å². The Balaban J connectivity index is 1.69. The Morgan fingerprint density at radius 1 is 1.34 bits per heavy atom. The molecule has 0 aliphatic carbocycles. The van der Waals surface area contributed by atoms with Gasteiger partial charge in [-0.3, -0.25) is 4.90 Å². The molecule has 7 heteroatoms. The highest BCUT2D eigenvalue weighted by Gasteiger charge is 2.40. The molecule has 0 spiro atoms. The number of hydrogen-bond donors (Lipinski definition) is 0. The predicted octanol–water partition coefficient (Wildman–Crippen LogP) is 3.38. The first-order chi connectivity index (χ1) is 14.0. The minimum absolute atomic E-state index is 0.0713. The van der Waals surface area contributed by atoms with Gasteiger partial charge in [0.15, 0.2) is 0 Å². The van der Waals surface area contributed by atoms with Gasteiger partial charge >= 0.3 is 6.09 Å². The van der Waals surface area contributed by atoms with E-state index in [2.05, 4.69) is 30.5 Å². The van der Waals surface area contributed by atoms with Crippen molar-refractivity contribution >= 4 is 17.7 Å². The molecule has 0 saturated carbocycles. The van der Waals surface area contributed by atoms with E-state index in [1.807, 2.05) is 12.1 Å². The minimum Gasteiger partial charge on any atom is -0.445 e. The zero-order valence-electron chi connectivity index (χ0n) is 17.3. The highest BCUT2D eigenvalue weighted by atomic mass is 35.5. The molecule has 1 aromatic rings. The number of rotatable bonds is 6. The van der Waals surface area contributed by atoms with Crippen LogP contribution in [0.3, 0.4) is 0 Å². The summed E-state index contributed by atoms with van der Waals surface area (Å²) in [6.45, 7) is 8.63. The van der Waals surface area contributed by atoms with Crippen molar-refractivity contribution in [2.75, 3.05) is 40.0 Å². The molecular formula is C22H31ClN2O4. The van der Waals surface area contributed by atoms with E-state index in [0.717, 1.165) is 24.4 Å². The zero-order chi connectivity index (χ0) is 20.8. The molecule has 1 unspecified atom stereocenters. The summed E-state index contributed by atoms with van der Waals surface area (Å²) in [7, 11) is 1.72. The molecule has 1 amide bonds. The van der Waals surface area contributed by atoms with Gasteiger partial charge < -0.3 is 19.1 Å². The van der Waals surface area contributed by atoms with Crippen molar-refractivity contribution in [3.05, 3.63) is 47.5 Å². The summed E-state index contributed by atoms with van der Waals surface area (Å²) < 4.78 is 17.0. The number of methoxy groups -OCH3 is 1. The van der Waals surface area contributed by atoms with Gasteiger partial charge in [-0.05, 0) is 37.5 Å². The van der Waals surface area contributed by atoms with Crippen LogP contribution in [0, 0.1) is 0 Å². The number of hydrogen-bond acceptors (Lipinski definition) is 5. The summed E-state index contributed by atoms with van der Waals surface area (Å²) >= 11 is 6.03. The van der Waals surface area contributed by atoms with E-state index in [-0.39, 0.29) is 37.0 Å². The molecule has 2 fully saturated rings. The third-order valence-corrected chi connectivity index (χ3v) is 5.98. The van der Waals surface area contributed by atoms with Crippen molar-refractivity contribution in [1.29, 1.82) is 0 Å². The van der Waals surface area contributed by atoms with Gasteiger partial charge in [-0.15, -0.1) is 0 Å². The molecule has 2 heterocycles. The Hall–Kier alpha value is -1.60. The second-order valence-corrected chi connectivity index (χ2v) is 8.20. The van der Waals surface area contributed by atoms with Crippen LogP contribution >= 0.6 is 11.6 Å². The van der Waals surface area contributed by atoms with E-state index in [1.54, 1.807) is 18.1 Å². The molecule has 0 N–H and O–H groups in total. The molecule has 3 rings (SSSR count). The lowest BCUT2D eigenvalue weighted by atomic mass is 9.94. The average molecular weight is 423 g/mol. The zero-order valence-corrected chi connectivity index (χ0v) is 18.0. The maximum atomic E-state index is 12.2. The fourth-order valence-corrected chi connectivity index (χ4v) is 4.37. The summed E-state index contributed by atoms with van der Waals surface area (Å²) in [5, 5.41) is 0.745. The van der Waals surface area contributed by atoms with E-state index < -0.39 is 0 Å². The highest BCUT2D eigenvalue weighted by molar-refractivity contribution is 6.30. The van der Waals surface area contributed by atoms with Gasteiger partial charge in [0.05, 0.1) is 25.4 Å². The summed E-state index contributed by atoms with van der Waals surface area (Å²) in [5.74, 6) is 0. The molecular weight excluding hydrogens is 392 g/mol. The lowest BCUT2D eigenvalue weighted by Crippen LogP contribution is -2.62. The van der Waals surface area contributed by atoms with Gasteiger partial charge in [0.1, 0.15) is 6.61 Å². The number of morpholine rings is 1. The van der Waals surface area contributed by atoms with Crippen LogP contribution in [0.1, 0.15) is 18.9 Å². The molecule has 0 bridgehead atoms. The predicted molar refractivity (Wildman–Crippen MR) is 113 cm³/mol. The molecule has 2 aliphatic rings. The van der Waals surface area contributed by atoms with Crippen molar-refractivity contribution in [2.45, 2.75) is 44.1 Å². The van der Waals surface area contributed by atoms with Crippen LogP contribution in [-0.4, -0.2) is 80.1 Å². The second kappa shape index (κ2) is 10.4. The number of amides is 1. The number of piperidine rings is 1. The van der Waals surface area contributed by atoms with Crippen molar-refractivity contribution in [3.63, 3.8) is 0 Å². The van der Waals surface area contributed by atoms with Crippen molar-refractivity contribution < 1.29 is 19.0 Å². The topological polar surface area (TPSA) is 51.2 Å². The first kappa shape index (κ1) is 22.1. The Bertz CT molecular complexity index is 684. The van der Waals surface area contributed by atoms with Gasteiger partial charge in [-0.1, -0.05) is 36.4 Å². The highest BCUT2D eigenvalue weighted by Crippen LogP contribution is 2.27. The smallest absolute Gasteiger partial charge is 0.410 e. The molecule has 160 valence electrons. The van der Waals surface area contributed by atoms with Crippen molar-refractivity contribution in [3.8, 4) is 0 Å². The third kappa shape index (κ3) is 5.72. The molecule has 4 atom stereocenters. The number of likely N-dealkylation sites (tertiary alicyclic amines) is 1. The summed E-state index contributed by atoms with van der Waals surface area (Å²) in [6.07, 6.45) is 3.10. The maximum Gasteiger partial charge on any atom is 0.410 e. The van der Waals surface area contributed by atoms with Crippen LogP contribution in [0.4, 0.5) is 4.79 Å². The van der Waals surface area contributed by atoms with Gasteiger partial charge in [-0.25, -0.2) is 4.79 Å². The quantitative estimate of drug-likeness (QED) is 0.658. The Labute approximate surface area is 178 Å². The molecule has 2 aliphatic heterocycles. The van der Waals surface area contributed by atoms with E-state index in [9.17, 15) is 4.79 Å². The molecule has 0 aromatic heterocycles. The van der Waals surface area contributed by atoms with Crippen LogP contribution in [0.15, 0.2) is 36.9 Å². The summed E-state index contributed by atoms with van der Waals surface area (Å²) in [4.78, 5) is 16.5. The SMILES string of the molecule is C=CCOC(=O)N1CCC(N2C[C@H](C)OC[C@@H]2Cc2ccc(Cl)cc2)[C@H](OC)C1. The standard InChI is InChI=1S/C22H31ClN2O4/c1-4-11-28-22(26)24-10-9-20(21(14-24)27-3)25-13-16(2)29-15-19(25)12-17-5-7-18(23)8-6-17/h4-8,16,19-21H,1,9-15H2,2-3H3/t16-,19-,20?,21+/m0/s1. The van der Waals surface area contributed by atoms with Gasteiger partial charge in [0.25, 0.3) is 0 Å². The average Bonchev–Trinajstić information content (AvgIpc) is 2.74. The van der Waals surface area contributed by atoms with E-state index in [0.29, 0.717) is 19.7 Å². The van der Waals surface area contributed by atoms with E-state index >= 15 is 0 Å². The van der Waals surface area contributed by atoms with Crippen LogP contribution in [0.25, 0.3) is 0 Å². The minimum atomic E-state index is -0.307. The number of carbonyl (C=O) groups is 1. The largest absolute Gasteiger partial charge is 0.445 e.